The first-order chi connectivity index (χ1) is 8.49. The van der Waals surface area contributed by atoms with Crippen LogP contribution >= 0.6 is 15.9 Å². The van der Waals surface area contributed by atoms with E-state index in [0.717, 1.165) is 28.8 Å². The maximum absolute atomic E-state index is 11.4. The number of aryl methyl sites for hydroxylation is 1. The van der Waals surface area contributed by atoms with E-state index in [0.29, 0.717) is 6.54 Å². The molecule has 1 aliphatic rings. The summed E-state index contributed by atoms with van der Waals surface area (Å²) in [5.41, 5.74) is 2.11. The molecule has 0 saturated carbocycles. The highest BCUT2D eigenvalue weighted by molar-refractivity contribution is 9.10. The van der Waals surface area contributed by atoms with Crippen molar-refractivity contribution in [3.63, 3.8) is 0 Å². The number of nitrogens with zero attached hydrogens (tertiary/aromatic N) is 2. The molecule has 1 saturated heterocycles. The third kappa shape index (κ3) is 2.67. The minimum absolute atomic E-state index is 0.469. The van der Waals surface area contributed by atoms with Crippen molar-refractivity contribution in [2.45, 2.75) is 13.0 Å². The number of halogens is 1. The second-order valence-corrected chi connectivity index (χ2v) is 5.66. The number of carboxylic acids is 1. The molecule has 1 aromatic rings. The van der Waals surface area contributed by atoms with Crippen LogP contribution in [0.5, 0.6) is 0 Å². The molecule has 2 rings (SSSR count). The van der Waals surface area contributed by atoms with Crippen LogP contribution in [0, 0.1) is 6.92 Å². The number of hydrogen-bond acceptors (Lipinski definition) is 3. The molecule has 0 bridgehead atoms. The summed E-state index contributed by atoms with van der Waals surface area (Å²) >= 11 is 3.43. The summed E-state index contributed by atoms with van der Waals surface area (Å²) in [6.07, 6.45) is 0. The Morgan fingerprint density at radius 3 is 2.78 bits per heavy atom. The molecule has 1 N–H and O–H groups in total. The summed E-state index contributed by atoms with van der Waals surface area (Å²) in [5.74, 6) is -0.760. The molecule has 0 aliphatic carbocycles. The molecule has 98 valence electrons. The number of benzene rings is 1. The molecule has 1 aliphatic heterocycles. The Balaban J connectivity index is 2.32. The number of piperazine rings is 1. The standard InChI is InChI=1S/C13H17BrN2O2/c1-9-7-10(14)3-4-11(9)16-6-5-15(2)8-12(16)13(17)18/h3-4,7,12H,5-6,8H2,1-2H3,(H,17,18). The molecule has 0 amide bonds. The van der Waals surface area contributed by atoms with E-state index in [2.05, 4.69) is 20.8 Å². The zero-order chi connectivity index (χ0) is 13.3. The van der Waals surface area contributed by atoms with Crippen molar-refractivity contribution in [1.29, 1.82) is 0 Å². The normalized spacial score (nSPS) is 21.1. The van der Waals surface area contributed by atoms with Gasteiger partial charge >= 0.3 is 5.97 Å². The fraction of sp³-hybridized carbons (Fsp3) is 0.462. The highest BCUT2D eigenvalue weighted by Gasteiger charge is 2.31. The van der Waals surface area contributed by atoms with Gasteiger partial charge in [-0.25, -0.2) is 4.79 Å². The van der Waals surface area contributed by atoms with Crippen LogP contribution in [0.15, 0.2) is 22.7 Å². The summed E-state index contributed by atoms with van der Waals surface area (Å²) in [6.45, 7) is 4.21. The van der Waals surface area contributed by atoms with Gasteiger partial charge in [0, 0.05) is 29.8 Å². The largest absolute Gasteiger partial charge is 0.480 e. The van der Waals surface area contributed by atoms with Gasteiger partial charge in [-0.1, -0.05) is 15.9 Å². The van der Waals surface area contributed by atoms with Crippen LogP contribution in [0.2, 0.25) is 0 Å². The Kier molecular flexibility index (Phi) is 3.92. The van der Waals surface area contributed by atoms with Gasteiger partial charge in [-0.3, -0.25) is 0 Å². The van der Waals surface area contributed by atoms with E-state index >= 15 is 0 Å². The molecule has 0 radical (unpaired) electrons. The lowest BCUT2D eigenvalue weighted by atomic mass is 10.1. The van der Waals surface area contributed by atoms with Gasteiger partial charge in [-0.05, 0) is 37.7 Å². The molecule has 18 heavy (non-hydrogen) atoms. The monoisotopic (exact) mass is 312 g/mol. The molecule has 5 heteroatoms. The van der Waals surface area contributed by atoms with E-state index in [4.69, 9.17) is 0 Å². The third-order valence-electron chi connectivity index (χ3n) is 3.34. The first kappa shape index (κ1) is 13.4. The molecular weight excluding hydrogens is 296 g/mol. The van der Waals surface area contributed by atoms with Gasteiger partial charge in [0.2, 0.25) is 0 Å². The van der Waals surface area contributed by atoms with Crippen molar-refractivity contribution in [3.8, 4) is 0 Å². The van der Waals surface area contributed by atoms with Crippen molar-refractivity contribution in [1.82, 2.24) is 4.90 Å². The zero-order valence-corrected chi connectivity index (χ0v) is 12.1. The predicted molar refractivity (Wildman–Crippen MR) is 75.1 cm³/mol. The summed E-state index contributed by atoms with van der Waals surface area (Å²) in [5, 5.41) is 9.36. The Labute approximate surface area is 115 Å². The minimum atomic E-state index is -0.760. The second-order valence-electron chi connectivity index (χ2n) is 4.74. The van der Waals surface area contributed by atoms with Crippen LogP contribution in [-0.4, -0.2) is 48.7 Å². The molecule has 1 heterocycles. The van der Waals surface area contributed by atoms with Crippen LogP contribution in [0.3, 0.4) is 0 Å². The zero-order valence-electron chi connectivity index (χ0n) is 10.6. The number of carboxylic acid groups (broad SMARTS) is 1. The number of hydrogen-bond donors (Lipinski definition) is 1. The van der Waals surface area contributed by atoms with Crippen LogP contribution in [0.1, 0.15) is 5.56 Å². The second kappa shape index (κ2) is 5.28. The summed E-state index contributed by atoms with van der Waals surface area (Å²) < 4.78 is 1.02. The average molecular weight is 313 g/mol. The van der Waals surface area contributed by atoms with E-state index in [-0.39, 0.29) is 0 Å². The lowest BCUT2D eigenvalue weighted by Crippen LogP contribution is -2.55. The Morgan fingerprint density at radius 1 is 1.44 bits per heavy atom. The summed E-state index contributed by atoms with van der Waals surface area (Å²) in [6, 6.07) is 5.50. The van der Waals surface area contributed by atoms with Gasteiger partial charge in [0.1, 0.15) is 6.04 Å². The van der Waals surface area contributed by atoms with Gasteiger partial charge < -0.3 is 14.9 Å². The topological polar surface area (TPSA) is 43.8 Å². The van der Waals surface area contributed by atoms with Crippen molar-refractivity contribution in [2.24, 2.45) is 0 Å². The van der Waals surface area contributed by atoms with E-state index in [1.54, 1.807) is 0 Å². The van der Waals surface area contributed by atoms with Crippen LogP contribution in [-0.2, 0) is 4.79 Å². The molecule has 0 spiro atoms. The maximum atomic E-state index is 11.4. The number of likely N-dealkylation sites (N-methyl/N-ethyl adjacent to an activating group) is 1. The van der Waals surface area contributed by atoms with Gasteiger partial charge in [-0.15, -0.1) is 0 Å². The molecule has 1 aromatic carbocycles. The van der Waals surface area contributed by atoms with Crippen LogP contribution in [0.25, 0.3) is 0 Å². The third-order valence-corrected chi connectivity index (χ3v) is 3.83. The van der Waals surface area contributed by atoms with Crippen molar-refractivity contribution in [3.05, 3.63) is 28.2 Å². The summed E-state index contributed by atoms with van der Waals surface area (Å²) in [7, 11) is 1.96. The fourth-order valence-corrected chi connectivity index (χ4v) is 2.84. The van der Waals surface area contributed by atoms with Crippen LogP contribution in [0.4, 0.5) is 5.69 Å². The number of rotatable bonds is 2. The maximum Gasteiger partial charge on any atom is 0.327 e. The van der Waals surface area contributed by atoms with Gasteiger partial charge in [0.15, 0.2) is 0 Å². The molecular formula is C13H17BrN2O2. The smallest absolute Gasteiger partial charge is 0.327 e. The fourth-order valence-electron chi connectivity index (χ4n) is 2.36. The Bertz CT molecular complexity index is 464. The summed E-state index contributed by atoms with van der Waals surface area (Å²) in [4.78, 5) is 15.4. The Morgan fingerprint density at radius 2 is 2.17 bits per heavy atom. The van der Waals surface area contributed by atoms with Crippen molar-refractivity contribution in [2.75, 3.05) is 31.6 Å². The van der Waals surface area contributed by atoms with E-state index in [9.17, 15) is 9.90 Å². The van der Waals surface area contributed by atoms with Gasteiger partial charge in [0.25, 0.3) is 0 Å². The quantitative estimate of drug-likeness (QED) is 0.906. The average Bonchev–Trinajstić information content (AvgIpc) is 2.29. The van der Waals surface area contributed by atoms with Crippen LogP contribution < -0.4 is 4.90 Å². The van der Waals surface area contributed by atoms with Crippen molar-refractivity contribution < 1.29 is 9.90 Å². The molecule has 1 atom stereocenters. The number of carbonyl (C=O) groups is 1. The van der Waals surface area contributed by atoms with Gasteiger partial charge in [-0.2, -0.15) is 0 Å². The van der Waals surface area contributed by atoms with E-state index in [1.807, 2.05) is 37.1 Å². The highest BCUT2D eigenvalue weighted by atomic mass is 79.9. The molecule has 4 nitrogen and oxygen atoms in total. The first-order valence-electron chi connectivity index (χ1n) is 5.93. The Hall–Kier alpha value is -1.07. The number of aliphatic carboxylic acids is 1. The van der Waals surface area contributed by atoms with E-state index in [1.165, 1.54) is 0 Å². The predicted octanol–water partition coefficient (Wildman–Crippen LogP) is 1.96. The van der Waals surface area contributed by atoms with Gasteiger partial charge in [0.05, 0.1) is 0 Å². The number of anilines is 1. The first-order valence-corrected chi connectivity index (χ1v) is 6.72. The lowest BCUT2D eigenvalue weighted by molar-refractivity contribution is -0.139. The molecule has 1 unspecified atom stereocenters. The van der Waals surface area contributed by atoms with Crippen molar-refractivity contribution >= 4 is 27.6 Å². The lowest BCUT2D eigenvalue weighted by Gasteiger charge is -2.39. The van der Waals surface area contributed by atoms with E-state index < -0.39 is 12.0 Å². The highest BCUT2D eigenvalue weighted by Crippen LogP contribution is 2.27. The minimum Gasteiger partial charge on any atom is -0.480 e. The SMILES string of the molecule is Cc1cc(Br)ccc1N1CCN(C)CC1C(=O)O. The molecule has 0 aromatic heterocycles. The molecule has 1 fully saturated rings.